The van der Waals surface area contributed by atoms with Crippen molar-refractivity contribution in [3.8, 4) is 0 Å². The Bertz CT molecular complexity index is 837. The van der Waals surface area contributed by atoms with Gasteiger partial charge in [0.15, 0.2) is 0 Å². The molecule has 1 heterocycles. The fourth-order valence-corrected chi connectivity index (χ4v) is 3.34. The number of nitrogens with one attached hydrogen (secondary N) is 2. The lowest BCUT2D eigenvalue weighted by molar-refractivity contribution is -0.122. The van der Waals surface area contributed by atoms with E-state index in [0.717, 1.165) is 23.9 Å². The van der Waals surface area contributed by atoms with Gasteiger partial charge in [-0.15, -0.1) is 0 Å². The summed E-state index contributed by atoms with van der Waals surface area (Å²) in [5, 5.41) is 6.13. The van der Waals surface area contributed by atoms with E-state index in [0.29, 0.717) is 16.7 Å². The van der Waals surface area contributed by atoms with Gasteiger partial charge in [0, 0.05) is 6.04 Å². The van der Waals surface area contributed by atoms with Crippen LogP contribution in [-0.4, -0.2) is 21.7 Å². The number of amides is 1. The van der Waals surface area contributed by atoms with Gasteiger partial charge in [0.2, 0.25) is 5.91 Å². The zero-order valence-electron chi connectivity index (χ0n) is 13.2. The summed E-state index contributed by atoms with van der Waals surface area (Å²) in [5.41, 5.74) is -0.716. The zero-order valence-corrected chi connectivity index (χ0v) is 13.2. The summed E-state index contributed by atoms with van der Waals surface area (Å²) >= 11 is 0. The van der Waals surface area contributed by atoms with E-state index in [1.54, 1.807) is 24.3 Å². The molecule has 1 aliphatic rings. The SMILES string of the molecule is CC1CCCC(NC(=O)Cn2[nH]c(=O)c3ccccc3c2=O)C1. The maximum Gasteiger partial charge on any atom is 0.273 e. The summed E-state index contributed by atoms with van der Waals surface area (Å²) in [4.78, 5) is 36.6. The first-order valence-electron chi connectivity index (χ1n) is 8.06. The Morgan fingerprint density at radius 3 is 2.74 bits per heavy atom. The van der Waals surface area contributed by atoms with Gasteiger partial charge in [0.25, 0.3) is 11.1 Å². The molecule has 1 aliphatic carbocycles. The largest absolute Gasteiger partial charge is 0.352 e. The lowest BCUT2D eigenvalue weighted by Crippen LogP contribution is -2.42. The van der Waals surface area contributed by atoms with Crippen molar-refractivity contribution in [2.45, 2.75) is 45.2 Å². The molecule has 0 aliphatic heterocycles. The van der Waals surface area contributed by atoms with E-state index in [1.165, 1.54) is 6.42 Å². The quantitative estimate of drug-likeness (QED) is 0.897. The standard InChI is InChI=1S/C17H21N3O3/c1-11-5-4-6-12(9-11)18-15(21)10-20-17(23)14-8-3-2-7-13(14)16(22)19-20/h2-3,7-8,11-12H,4-6,9-10H2,1H3,(H,18,21)(H,19,22). The molecular formula is C17H21N3O3. The minimum atomic E-state index is -0.362. The molecule has 0 bridgehead atoms. The van der Waals surface area contributed by atoms with E-state index < -0.39 is 0 Å². The second kappa shape index (κ2) is 6.40. The Labute approximate surface area is 133 Å². The van der Waals surface area contributed by atoms with Gasteiger partial charge in [-0.3, -0.25) is 19.5 Å². The molecule has 2 N–H and O–H groups in total. The first-order chi connectivity index (χ1) is 11.0. The third-order valence-corrected chi connectivity index (χ3v) is 4.49. The predicted octanol–water partition coefficient (Wildman–Crippen LogP) is 1.38. The van der Waals surface area contributed by atoms with Crippen LogP contribution in [0.25, 0.3) is 10.8 Å². The molecule has 1 saturated carbocycles. The van der Waals surface area contributed by atoms with Crippen molar-refractivity contribution in [2.24, 2.45) is 5.92 Å². The molecule has 122 valence electrons. The number of hydrogen-bond acceptors (Lipinski definition) is 3. The molecule has 0 radical (unpaired) electrons. The highest BCUT2D eigenvalue weighted by atomic mass is 16.2. The average Bonchev–Trinajstić information content (AvgIpc) is 2.52. The number of rotatable bonds is 3. The van der Waals surface area contributed by atoms with E-state index in [-0.39, 0.29) is 29.6 Å². The van der Waals surface area contributed by atoms with Crippen LogP contribution in [0.15, 0.2) is 33.9 Å². The van der Waals surface area contributed by atoms with Gasteiger partial charge in [0.1, 0.15) is 6.54 Å². The maximum atomic E-state index is 12.4. The minimum absolute atomic E-state index is 0.161. The fraction of sp³-hybridized carbons (Fsp3) is 0.471. The van der Waals surface area contributed by atoms with Gasteiger partial charge in [-0.25, -0.2) is 4.68 Å². The molecule has 2 aromatic rings. The highest BCUT2D eigenvalue weighted by Crippen LogP contribution is 2.23. The Kier molecular flexibility index (Phi) is 4.32. The number of fused-ring (bicyclic) bond motifs is 1. The lowest BCUT2D eigenvalue weighted by atomic mass is 9.87. The van der Waals surface area contributed by atoms with Gasteiger partial charge in [-0.2, -0.15) is 0 Å². The number of carbonyl (C=O) groups is 1. The van der Waals surface area contributed by atoms with Gasteiger partial charge in [0.05, 0.1) is 10.8 Å². The summed E-state index contributed by atoms with van der Waals surface area (Å²) in [7, 11) is 0. The highest BCUT2D eigenvalue weighted by molar-refractivity contribution is 5.81. The number of hydrogen-bond donors (Lipinski definition) is 2. The number of aromatic nitrogens is 2. The molecule has 0 spiro atoms. The van der Waals surface area contributed by atoms with Crippen molar-refractivity contribution in [3.05, 3.63) is 45.0 Å². The second-order valence-electron chi connectivity index (χ2n) is 6.41. The van der Waals surface area contributed by atoms with E-state index in [2.05, 4.69) is 17.3 Å². The summed E-state index contributed by atoms with van der Waals surface area (Å²) in [6.45, 7) is 2.02. The molecule has 1 aromatic carbocycles. The molecule has 2 unspecified atom stereocenters. The van der Waals surface area contributed by atoms with Gasteiger partial charge < -0.3 is 5.32 Å². The van der Waals surface area contributed by atoms with Crippen LogP contribution in [0.5, 0.6) is 0 Å². The van der Waals surface area contributed by atoms with Crippen molar-refractivity contribution < 1.29 is 4.79 Å². The van der Waals surface area contributed by atoms with Gasteiger partial charge in [-0.05, 0) is 30.9 Å². The number of benzene rings is 1. The van der Waals surface area contributed by atoms with E-state index >= 15 is 0 Å². The summed E-state index contributed by atoms with van der Waals surface area (Å²) < 4.78 is 1.09. The lowest BCUT2D eigenvalue weighted by Gasteiger charge is -2.27. The predicted molar refractivity (Wildman–Crippen MR) is 88.4 cm³/mol. The normalized spacial score (nSPS) is 21.3. The monoisotopic (exact) mass is 315 g/mol. The molecule has 1 amide bonds. The zero-order chi connectivity index (χ0) is 16.4. The maximum absolute atomic E-state index is 12.4. The van der Waals surface area contributed by atoms with E-state index in [9.17, 15) is 14.4 Å². The van der Waals surface area contributed by atoms with Crippen LogP contribution < -0.4 is 16.4 Å². The average molecular weight is 315 g/mol. The number of aromatic amines is 1. The molecule has 0 saturated heterocycles. The molecule has 1 fully saturated rings. The Balaban J connectivity index is 1.79. The van der Waals surface area contributed by atoms with Crippen molar-refractivity contribution >= 4 is 16.7 Å². The number of carbonyl (C=O) groups excluding carboxylic acids is 1. The molecule has 6 nitrogen and oxygen atoms in total. The summed E-state index contributed by atoms with van der Waals surface area (Å²) in [6, 6.07) is 6.78. The smallest absolute Gasteiger partial charge is 0.273 e. The van der Waals surface area contributed by atoms with Crippen molar-refractivity contribution in [1.82, 2.24) is 15.1 Å². The Morgan fingerprint density at radius 1 is 1.26 bits per heavy atom. The molecule has 23 heavy (non-hydrogen) atoms. The van der Waals surface area contributed by atoms with E-state index in [1.807, 2.05) is 0 Å². The molecule has 6 heteroatoms. The number of H-pyrrole nitrogens is 1. The van der Waals surface area contributed by atoms with Gasteiger partial charge >= 0.3 is 0 Å². The van der Waals surface area contributed by atoms with Crippen LogP contribution in [0.3, 0.4) is 0 Å². The molecule has 2 atom stereocenters. The van der Waals surface area contributed by atoms with Crippen molar-refractivity contribution in [3.63, 3.8) is 0 Å². The van der Waals surface area contributed by atoms with Gasteiger partial charge in [-0.1, -0.05) is 31.9 Å². The van der Waals surface area contributed by atoms with E-state index in [4.69, 9.17) is 0 Å². The Morgan fingerprint density at radius 2 is 2.00 bits per heavy atom. The molecule has 3 rings (SSSR count). The minimum Gasteiger partial charge on any atom is -0.352 e. The van der Waals surface area contributed by atoms with Crippen LogP contribution in [-0.2, 0) is 11.3 Å². The molecular weight excluding hydrogens is 294 g/mol. The highest BCUT2D eigenvalue weighted by Gasteiger charge is 2.20. The topological polar surface area (TPSA) is 84.0 Å². The third kappa shape index (κ3) is 3.36. The van der Waals surface area contributed by atoms with Crippen LogP contribution in [0.4, 0.5) is 0 Å². The Hall–Kier alpha value is -2.37. The fourth-order valence-electron chi connectivity index (χ4n) is 3.34. The van der Waals surface area contributed by atoms with Crippen LogP contribution in [0, 0.1) is 5.92 Å². The second-order valence-corrected chi connectivity index (χ2v) is 6.41. The third-order valence-electron chi connectivity index (χ3n) is 4.49. The number of nitrogens with zero attached hydrogens (tertiary/aromatic N) is 1. The summed E-state index contributed by atoms with van der Waals surface area (Å²) in [6.07, 6.45) is 4.25. The summed E-state index contributed by atoms with van der Waals surface area (Å²) in [5.74, 6) is 0.370. The molecule has 1 aromatic heterocycles. The van der Waals surface area contributed by atoms with Crippen molar-refractivity contribution in [1.29, 1.82) is 0 Å². The first-order valence-corrected chi connectivity index (χ1v) is 8.06. The van der Waals surface area contributed by atoms with Crippen LogP contribution >= 0.6 is 0 Å². The van der Waals surface area contributed by atoms with Crippen LogP contribution in [0.1, 0.15) is 32.6 Å². The first kappa shape index (κ1) is 15.5. The van der Waals surface area contributed by atoms with Crippen LogP contribution in [0.2, 0.25) is 0 Å². The van der Waals surface area contributed by atoms with Crippen molar-refractivity contribution in [2.75, 3.05) is 0 Å².